The second kappa shape index (κ2) is 7.17. The average molecular weight is 382 g/mol. The number of fused-ring (bicyclic) bond motifs is 1. The Labute approximate surface area is 155 Å². The predicted octanol–water partition coefficient (Wildman–Crippen LogP) is 3.75. The van der Waals surface area contributed by atoms with E-state index >= 15 is 0 Å². The number of aryl methyl sites for hydroxylation is 2. The molecule has 6 nitrogen and oxygen atoms in total. The predicted molar refractivity (Wildman–Crippen MR) is 97.8 cm³/mol. The van der Waals surface area contributed by atoms with E-state index in [0.29, 0.717) is 27.9 Å². The van der Waals surface area contributed by atoms with Gasteiger partial charge in [-0.05, 0) is 45.1 Å². The van der Waals surface area contributed by atoms with Crippen molar-refractivity contribution in [2.45, 2.75) is 39.5 Å². The van der Waals surface area contributed by atoms with Crippen LogP contribution in [0.25, 0.3) is 0 Å². The molecule has 0 saturated carbocycles. The highest BCUT2D eigenvalue weighted by Gasteiger charge is 2.28. The maximum atomic E-state index is 12.6. The number of amides is 1. The summed E-state index contributed by atoms with van der Waals surface area (Å²) >= 11 is 7.64. The van der Waals surface area contributed by atoms with Gasteiger partial charge >= 0.3 is 5.97 Å². The number of nitrogens with one attached hydrogen (secondary N) is 1. The quantitative estimate of drug-likeness (QED) is 0.818. The molecule has 0 spiro atoms. The van der Waals surface area contributed by atoms with E-state index in [9.17, 15) is 9.59 Å². The summed E-state index contributed by atoms with van der Waals surface area (Å²) in [5.74, 6) is -0.807. The first-order valence-electron chi connectivity index (χ1n) is 8.26. The molecule has 0 bridgehead atoms. The van der Waals surface area contributed by atoms with Gasteiger partial charge in [0, 0.05) is 11.9 Å². The number of thiophene rings is 1. The molecule has 1 amide bonds. The molecule has 0 unspecified atom stereocenters. The van der Waals surface area contributed by atoms with E-state index in [2.05, 4.69) is 10.4 Å². The molecule has 2 aromatic rings. The van der Waals surface area contributed by atoms with Gasteiger partial charge in [-0.15, -0.1) is 11.3 Å². The Bertz CT molecular complexity index is 841. The van der Waals surface area contributed by atoms with Crippen molar-refractivity contribution in [3.05, 3.63) is 32.4 Å². The average Bonchev–Trinajstić information content (AvgIpc) is 3.07. The van der Waals surface area contributed by atoms with Crippen LogP contribution in [0.15, 0.2) is 0 Å². The van der Waals surface area contributed by atoms with Gasteiger partial charge in [0.05, 0.1) is 22.9 Å². The lowest BCUT2D eigenvalue weighted by atomic mass is 9.95. The summed E-state index contributed by atoms with van der Waals surface area (Å²) in [5.41, 5.74) is 2.36. The number of halogens is 1. The monoisotopic (exact) mass is 381 g/mol. The highest BCUT2D eigenvalue weighted by atomic mass is 35.5. The SMILES string of the molecule is CCOC(=O)c1c(NC(=O)c2nn(C)c(C)c2Cl)sc2c1CCCC2. The van der Waals surface area contributed by atoms with Gasteiger partial charge in [0.2, 0.25) is 0 Å². The summed E-state index contributed by atoms with van der Waals surface area (Å²) in [5, 5.41) is 7.82. The van der Waals surface area contributed by atoms with Crippen molar-refractivity contribution in [1.82, 2.24) is 9.78 Å². The Morgan fingerprint density at radius 2 is 2.08 bits per heavy atom. The standard InChI is InChI=1S/C17H20ClN3O3S/c1-4-24-17(23)12-10-7-5-6-8-11(10)25-16(12)19-15(22)14-13(18)9(2)21(3)20-14/h4-8H2,1-3H3,(H,19,22). The van der Waals surface area contributed by atoms with Crippen molar-refractivity contribution in [1.29, 1.82) is 0 Å². The van der Waals surface area contributed by atoms with Gasteiger partial charge in [-0.3, -0.25) is 9.48 Å². The third-order valence-electron chi connectivity index (χ3n) is 4.35. The van der Waals surface area contributed by atoms with Gasteiger partial charge < -0.3 is 10.1 Å². The molecule has 0 atom stereocenters. The molecule has 1 aliphatic rings. The molecule has 134 valence electrons. The van der Waals surface area contributed by atoms with Crippen LogP contribution >= 0.6 is 22.9 Å². The molecule has 2 aromatic heterocycles. The highest BCUT2D eigenvalue weighted by molar-refractivity contribution is 7.17. The maximum absolute atomic E-state index is 12.6. The van der Waals surface area contributed by atoms with Crippen LogP contribution in [0.5, 0.6) is 0 Å². The van der Waals surface area contributed by atoms with Crippen molar-refractivity contribution in [2.24, 2.45) is 7.05 Å². The largest absolute Gasteiger partial charge is 0.462 e. The number of aromatic nitrogens is 2. The molecule has 3 rings (SSSR count). The smallest absolute Gasteiger partial charge is 0.341 e. The molecule has 0 fully saturated rings. The lowest BCUT2D eigenvalue weighted by Gasteiger charge is -2.12. The van der Waals surface area contributed by atoms with Crippen LogP contribution in [-0.2, 0) is 24.6 Å². The van der Waals surface area contributed by atoms with E-state index in [1.807, 2.05) is 0 Å². The molecule has 1 N–H and O–H groups in total. The zero-order valence-electron chi connectivity index (χ0n) is 14.4. The van der Waals surface area contributed by atoms with Crippen molar-refractivity contribution < 1.29 is 14.3 Å². The van der Waals surface area contributed by atoms with Crippen molar-refractivity contribution >= 4 is 39.8 Å². The van der Waals surface area contributed by atoms with Crippen molar-refractivity contribution in [3.63, 3.8) is 0 Å². The molecule has 2 heterocycles. The van der Waals surface area contributed by atoms with Crippen molar-refractivity contribution in [3.8, 4) is 0 Å². The second-order valence-corrected chi connectivity index (χ2v) is 7.44. The summed E-state index contributed by atoms with van der Waals surface area (Å²) < 4.78 is 6.76. The van der Waals surface area contributed by atoms with E-state index < -0.39 is 5.91 Å². The Morgan fingerprint density at radius 3 is 2.72 bits per heavy atom. The van der Waals surface area contributed by atoms with Gasteiger partial charge in [-0.25, -0.2) is 4.79 Å². The zero-order valence-corrected chi connectivity index (χ0v) is 16.0. The van der Waals surface area contributed by atoms with Crippen LogP contribution in [0.4, 0.5) is 5.00 Å². The molecule has 0 aliphatic heterocycles. The number of carbonyl (C=O) groups excluding carboxylic acids is 2. The fourth-order valence-electron chi connectivity index (χ4n) is 2.96. The van der Waals surface area contributed by atoms with Gasteiger partial charge in [0.25, 0.3) is 5.91 Å². The molecule has 8 heteroatoms. The first kappa shape index (κ1) is 17.9. The minimum absolute atomic E-state index is 0.155. The molecule has 0 aromatic carbocycles. The lowest BCUT2D eigenvalue weighted by molar-refractivity contribution is 0.0526. The number of ether oxygens (including phenoxy) is 1. The lowest BCUT2D eigenvalue weighted by Crippen LogP contribution is -2.16. The normalized spacial score (nSPS) is 13.4. The van der Waals surface area contributed by atoms with E-state index in [0.717, 1.165) is 36.1 Å². The van der Waals surface area contributed by atoms with Crippen LogP contribution < -0.4 is 5.32 Å². The molecule has 25 heavy (non-hydrogen) atoms. The van der Waals surface area contributed by atoms with Crippen LogP contribution in [0.3, 0.4) is 0 Å². The molecular formula is C17H20ClN3O3S. The van der Waals surface area contributed by atoms with Gasteiger partial charge in [0.1, 0.15) is 5.00 Å². The minimum atomic E-state index is -0.419. The summed E-state index contributed by atoms with van der Waals surface area (Å²) in [4.78, 5) is 26.2. The fourth-order valence-corrected chi connectivity index (χ4v) is 4.48. The van der Waals surface area contributed by atoms with Gasteiger partial charge in [-0.2, -0.15) is 5.10 Å². The van der Waals surface area contributed by atoms with E-state index in [-0.39, 0.29) is 11.7 Å². The third kappa shape index (κ3) is 3.30. The Morgan fingerprint density at radius 1 is 1.36 bits per heavy atom. The Kier molecular flexibility index (Phi) is 5.15. The topological polar surface area (TPSA) is 73.2 Å². The van der Waals surface area contributed by atoms with Crippen LogP contribution in [0, 0.1) is 6.92 Å². The van der Waals surface area contributed by atoms with Crippen LogP contribution in [-0.4, -0.2) is 28.3 Å². The number of hydrogen-bond acceptors (Lipinski definition) is 5. The first-order valence-corrected chi connectivity index (χ1v) is 9.45. The number of esters is 1. The molecular weight excluding hydrogens is 362 g/mol. The Balaban J connectivity index is 1.96. The van der Waals surface area contributed by atoms with Gasteiger partial charge in [-0.1, -0.05) is 11.6 Å². The van der Waals surface area contributed by atoms with Crippen LogP contribution in [0.1, 0.15) is 56.7 Å². The second-order valence-electron chi connectivity index (χ2n) is 5.96. The maximum Gasteiger partial charge on any atom is 0.341 e. The van der Waals surface area contributed by atoms with E-state index in [1.54, 1.807) is 25.6 Å². The zero-order chi connectivity index (χ0) is 18.1. The number of anilines is 1. The first-order chi connectivity index (χ1) is 11.9. The van der Waals surface area contributed by atoms with E-state index in [4.69, 9.17) is 16.3 Å². The minimum Gasteiger partial charge on any atom is -0.462 e. The number of hydrogen-bond donors (Lipinski definition) is 1. The summed E-state index contributed by atoms with van der Waals surface area (Å²) in [6.07, 6.45) is 3.88. The Hall–Kier alpha value is -1.86. The summed E-state index contributed by atoms with van der Waals surface area (Å²) in [6.45, 7) is 3.85. The third-order valence-corrected chi connectivity index (χ3v) is 6.01. The van der Waals surface area contributed by atoms with Gasteiger partial charge in [0.15, 0.2) is 5.69 Å². The number of carbonyl (C=O) groups is 2. The van der Waals surface area contributed by atoms with Crippen molar-refractivity contribution in [2.75, 3.05) is 11.9 Å². The number of nitrogens with zero attached hydrogens (tertiary/aromatic N) is 2. The molecule has 1 aliphatic carbocycles. The van der Waals surface area contributed by atoms with E-state index in [1.165, 1.54) is 11.3 Å². The summed E-state index contributed by atoms with van der Waals surface area (Å²) in [6, 6.07) is 0. The van der Waals surface area contributed by atoms with Crippen LogP contribution in [0.2, 0.25) is 5.02 Å². The fraction of sp³-hybridized carbons (Fsp3) is 0.471. The number of rotatable bonds is 4. The molecule has 0 saturated heterocycles. The highest BCUT2D eigenvalue weighted by Crippen LogP contribution is 2.39. The molecule has 0 radical (unpaired) electrons. The summed E-state index contributed by atoms with van der Waals surface area (Å²) in [7, 11) is 1.73.